The largest absolute Gasteiger partial charge is 0.289 e. The number of aromatic nitrogens is 6. The maximum absolute atomic E-state index is 15.9. The van der Waals surface area contributed by atoms with Gasteiger partial charge in [0.2, 0.25) is 0 Å². The van der Waals surface area contributed by atoms with E-state index in [4.69, 9.17) is 29.9 Å². The molecule has 0 aliphatic rings. The normalized spacial score (nSPS) is 11.1. The molecule has 18 rings (SSSR count). The molecule has 2 heterocycles. The summed E-state index contributed by atoms with van der Waals surface area (Å²) in [5, 5.41) is 0. The minimum absolute atomic E-state index is 0.137. The topological polar surface area (TPSA) is 94.4 Å². The SMILES string of the molecule is O=C(c1ccccc1-c1cccc(-c2nc(-c3cc(-c4ccccc4)cc(-c4ccccc4)c3)nc(-c3cc(-c4ccccc4)cc(-c4ccccc4)c3)n2)c1)c1ccccc1-c1cccc(-c2nc(-c3cc(-c4ccccc4)cc(-c4ccccc4)c3)nc(-c3cc(-c4ccccc4)cc(-c4ccccc4)c3)n2)c1. The van der Waals surface area contributed by atoms with Crippen molar-refractivity contribution in [1.82, 2.24) is 29.9 Å². The number of carbonyl (C=O) groups is 1. The Morgan fingerprint density at radius 1 is 0.136 bits per heavy atom. The van der Waals surface area contributed by atoms with Gasteiger partial charge in [0.1, 0.15) is 0 Å². The third-order valence-corrected chi connectivity index (χ3v) is 20.1. The number of ketones is 1. The summed E-state index contributed by atoms with van der Waals surface area (Å²) < 4.78 is 0. The Morgan fingerprint density at radius 2 is 0.291 bits per heavy atom. The van der Waals surface area contributed by atoms with Crippen molar-refractivity contribution in [2.24, 2.45) is 0 Å². The standard InChI is InChI=1S/C103H68N6O/c110-97(95-53-27-25-51-93(95)77-47-29-49-79(55-77)98-104-100(89-61-81(69-31-9-1-10-32-69)57-82(62-89)70-33-11-2-12-34-70)108-101(105-98)90-63-83(71-35-13-3-14-36-71)58-84(64-90)72-37-15-4-16-38-72)96-54-28-26-52-94(96)78-48-30-50-80(56-78)99-106-102(91-65-85(73-39-17-5-18-40-73)59-86(66-91)74-41-19-6-20-42-74)109-103(107-99)92-67-87(75-43-21-7-22-44-75)60-88(68-92)76-45-23-8-24-46-76/h1-68H. The van der Waals surface area contributed by atoms with Crippen molar-refractivity contribution in [2.45, 2.75) is 0 Å². The lowest BCUT2D eigenvalue weighted by Crippen LogP contribution is -2.06. The van der Waals surface area contributed by atoms with Crippen LogP contribution >= 0.6 is 0 Å². The molecule has 0 saturated heterocycles. The summed E-state index contributed by atoms with van der Waals surface area (Å²) >= 11 is 0. The van der Waals surface area contributed by atoms with Crippen molar-refractivity contribution in [3.63, 3.8) is 0 Å². The van der Waals surface area contributed by atoms with Gasteiger partial charge in [-0.25, -0.2) is 29.9 Å². The minimum Gasteiger partial charge on any atom is -0.289 e. The zero-order valence-corrected chi connectivity index (χ0v) is 59.9. The fraction of sp³-hybridized carbons (Fsp3) is 0. The van der Waals surface area contributed by atoms with Crippen molar-refractivity contribution < 1.29 is 4.79 Å². The molecule has 0 bridgehead atoms. The fourth-order valence-electron chi connectivity index (χ4n) is 14.6. The monoisotopic (exact) mass is 1400 g/mol. The second-order valence-corrected chi connectivity index (χ2v) is 27.3. The average molecular weight is 1410 g/mol. The van der Waals surface area contributed by atoms with Gasteiger partial charge in [0, 0.05) is 44.5 Å². The van der Waals surface area contributed by atoms with E-state index in [2.05, 4.69) is 291 Å². The Labute approximate surface area is 639 Å². The number of benzene rings is 16. The summed E-state index contributed by atoms with van der Waals surface area (Å²) in [7, 11) is 0. The van der Waals surface area contributed by atoms with Crippen LogP contribution in [0.15, 0.2) is 413 Å². The van der Waals surface area contributed by atoms with Gasteiger partial charge >= 0.3 is 0 Å². The molecule has 7 heteroatoms. The van der Waals surface area contributed by atoms with Crippen LogP contribution < -0.4 is 0 Å². The predicted octanol–water partition coefficient (Wildman–Crippen LogP) is 26.0. The molecule has 0 radical (unpaired) electrons. The van der Waals surface area contributed by atoms with Crippen LogP contribution in [0.25, 0.3) is 180 Å². The molecule has 0 N–H and O–H groups in total. The van der Waals surface area contributed by atoms with Gasteiger partial charge < -0.3 is 0 Å². The van der Waals surface area contributed by atoms with Gasteiger partial charge in [0.15, 0.2) is 40.7 Å². The molecule has 0 aliphatic heterocycles. The second-order valence-electron chi connectivity index (χ2n) is 27.3. The molecule has 110 heavy (non-hydrogen) atoms. The summed E-state index contributed by atoms with van der Waals surface area (Å²) in [5.41, 5.74) is 25.9. The molecule has 0 aliphatic carbocycles. The van der Waals surface area contributed by atoms with E-state index in [0.29, 0.717) is 46.1 Å². The first kappa shape index (κ1) is 67.1. The summed E-state index contributed by atoms with van der Waals surface area (Å²) in [4.78, 5) is 48.6. The summed E-state index contributed by atoms with van der Waals surface area (Å²) in [5.74, 6) is 2.88. The zero-order chi connectivity index (χ0) is 73.5. The van der Waals surface area contributed by atoms with Crippen molar-refractivity contribution in [1.29, 1.82) is 0 Å². The minimum atomic E-state index is -0.137. The highest BCUT2D eigenvalue weighted by molar-refractivity contribution is 6.16. The highest BCUT2D eigenvalue weighted by atomic mass is 16.1. The molecule has 0 amide bonds. The maximum atomic E-state index is 15.9. The van der Waals surface area contributed by atoms with Crippen LogP contribution in [-0.2, 0) is 0 Å². The summed E-state index contributed by atoms with van der Waals surface area (Å²) in [6.45, 7) is 0. The number of nitrogens with zero attached hydrogens (tertiary/aromatic N) is 6. The molecule has 0 atom stereocenters. The third-order valence-electron chi connectivity index (χ3n) is 20.1. The molecule has 0 unspecified atom stereocenters. The van der Waals surface area contributed by atoms with Gasteiger partial charge in [-0.3, -0.25) is 4.79 Å². The summed E-state index contributed by atoms with van der Waals surface area (Å²) in [6, 6.07) is 142. The van der Waals surface area contributed by atoms with Gasteiger partial charge in [0.05, 0.1) is 0 Å². The molecule has 7 nitrogen and oxygen atoms in total. The van der Waals surface area contributed by atoms with Crippen molar-refractivity contribution >= 4 is 5.78 Å². The Bertz CT molecular complexity index is 5470. The van der Waals surface area contributed by atoms with E-state index in [-0.39, 0.29) is 5.78 Å². The van der Waals surface area contributed by atoms with Crippen molar-refractivity contribution in [3.05, 3.63) is 424 Å². The second kappa shape index (κ2) is 30.4. The van der Waals surface area contributed by atoms with E-state index < -0.39 is 0 Å². The Kier molecular flexibility index (Phi) is 18.5. The molecule has 0 saturated carbocycles. The summed E-state index contributed by atoms with van der Waals surface area (Å²) in [6.07, 6.45) is 0. The van der Waals surface area contributed by atoms with Crippen LogP contribution in [0.3, 0.4) is 0 Å². The smallest absolute Gasteiger partial charge is 0.194 e. The Balaban J connectivity index is 0.750. The number of carbonyl (C=O) groups excluding carboxylic acids is 1. The molecular weight excluding hydrogens is 1340 g/mol. The van der Waals surface area contributed by atoms with E-state index >= 15 is 4.79 Å². The van der Waals surface area contributed by atoms with E-state index in [0.717, 1.165) is 145 Å². The first-order chi connectivity index (χ1) is 54.4. The quantitative estimate of drug-likeness (QED) is 0.0790. The predicted molar refractivity (Wildman–Crippen MR) is 450 cm³/mol. The first-order valence-corrected chi connectivity index (χ1v) is 36.9. The fourth-order valence-corrected chi connectivity index (χ4v) is 14.6. The molecule has 18 aromatic rings. The van der Waals surface area contributed by atoms with Crippen LogP contribution in [0.5, 0.6) is 0 Å². The van der Waals surface area contributed by atoms with Gasteiger partial charge in [-0.05, 0) is 196 Å². The number of hydrogen-bond donors (Lipinski definition) is 0. The van der Waals surface area contributed by atoms with Crippen LogP contribution in [0.1, 0.15) is 15.9 Å². The van der Waals surface area contributed by atoms with Gasteiger partial charge in [-0.1, -0.05) is 328 Å². The first-order valence-electron chi connectivity index (χ1n) is 36.9. The third kappa shape index (κ3) is 14.3. The van der Waals surface area contributed by atoms with E-state index in [9.17, 15) is 0 Å². The zero-order valence-electron chi connectivity index (χ0n) is 59.9. The van der Waals surface area contributed by atoms with Crippen LogP contribution in [-0.4, -0.2) is 35.7 Å². The molecule has 516 valence electrons. The Morgan fingerprint density at radius 3 is 0.509 bits per heavy atom. The van der Waals surface area contributed by atoms with Crippen molar-refractivity contribution in [3.8, 4) is 180 Å². The van der Waals surface area contributed by atoms with Crippen LogP contribution in [0.4, 0.5) is 0 Å². The van der Waals surface area contributed by atoms with Gasteiger partial charge in [-0.15, -0.1) is 0 Å². The molecule has 2 aromatic heterocycles. The number of hydrogen-bond acceptors (Lipinski definition) is 7. The van der Waals surface area contributed by atoms with Gasteiger partial charge in [0.25, 0.3) is 0 Å². The molecule has 16 aromatic carbocycles. The number of rotatable bonds is 18. The van der Waals surface area contributed by atoms with E-state index in [1.165, 1.54) is 0 Å². The van der Waals surface area contributed by atoms with E-state index in [1.807, 2.05) is 121 Å². The van der Waals surface area contributed by atoms with Crippen molar-refractivity contribution in [2.75, 3.05) is 0 Å². The lowest BCUT2D eigenvalue weighted by molar-refractivity contribution is 0.104. The molecule has 0 spiro atoms. The maximum Gasteiger partial charge on any atom is 0.194 e. The lowest BCUT2D eigenvalue weighted by Gasteiger charge is -2.15. The van der Waals surface area contributed by atoms with Gasteiger partial charge in [-0.2, -0.15) is 0 Å². The molecule has 0 fully saturated rings. The average Bonchev–Trinajstić information content (AvgIpc) is 0.780. The highest BCUT2D eigenvalue weighted by Crippen LogP contribution is 2.41. The van der Waals surface area contributed by atoms with Crippen LogP contribution in [0.2, 0.25) is 0 Å². The Hall–Kier alpha value is -14.8. The lowest BCUT2D eigenvalue weighted by atomic mass is 9.89. The highest BCUT2D eigenvalue weighted by Gasteiger charge is 2.24. The van der Waals surface area contributed by atoms with Crippen LogP contribution in [0, 0.1) is 0 Å². The van der Waals surface area contributed by atoms with E-state index in [1.54, 1.807) is 0 Å². The molecular formula is C103H68N6O.